The first-order valence-corrected chi connectivity index (χ1v) is 8.99. The highest BCUT2D eigenvalue weighted by atomic mass is 19.1. The Balaban J connectivity index is 1.49. The third kappa shape index (κ3) is 4.54. The van der Waals surface area contributed by atoms with Gasteiger partial charge in [-0.15, -0.1) is 0 Å². The van der Waals surface area contributed by atoms with Gasteiger partial charge >= 0.3 is 0 Å². The molecular weight excluding hydrogens is 329 g/mol. The van der Waals surface area contributed by atoms with E-state index in [1.54, 1.807) is 26.3 Å². The normalized spacial score (nSPS) is 15.4. The first kappa shape index (κ1) is 18.2. The number of guanidine groups is 1. The summed E-state index contributed by atoms with van der Waals surface area (Å²) in [7, 11) is 3.44. The van der Waals surface area contributed by atoms with Crippen LogP contribution in [0.1, 0.15) is 24.0 Å². The molecule has 0 aliphatic heterocycles. The van der Waals surface area contributed by atoms with E-state index in [2.05, 4.69) is 21.7 Å². The van der Waals surface area contributed by atoms with Gasteiger partial charge in [0, 0.05) is 25.6 Å². The molecule has 0 heterocycles. The van der Waals surface area contributed by atoms with Crippen molar-refractivity contribution in [3.05, 3.63) is 65.5 Å². The van der Waals surface area contributed by atoms with Gasteiger partial charge < -0.3 is 15.4 Å². The van der Waals surface area contributed by atoms with Gasteiger partial charge in [0.25, 0.3) is 0 Å². The largest absolute Gasteiger partial charge is 0.497 e. The van der Waals surface area contributed by atoms with Crippen LogP contribution in [0.4, 0.5) is 4.39 Å². The van der Waals surface area contributed by atoms with Gasteiger partial charge in [-0.2, -0.15) is 0 Å². The highest BCUT2D eigenvalue weighted by Crippen LogP contribution is 2.47. The zero-order chi connectivity index (χ0) is 18.4. The molecular formula is C21H26FN3O. The second kappa shape index (κ2) is 8.21. The summed E-state index contributed by atoms with van der Waals surface area (Å²) in [5.74, 6) is 1.47. The van der Waals surface area contributed by atoms with Crippen LogP contribution in [-0.2, 0) is 11.8 Å². The fourth-order valence-corrected chi connectivity index (χ4v) is 3.16. The molecule has 1 saturated carbocycles. The van der Waals surface area contributed by atoms with Crippen molar-refractivity contribution >= 4 is 5.96 Å². The lowest BCUT2D eigenvalue weighted by Crippen LogP contribution is -2.42. The van der Waals surface area contributed by atoms with Gasteiger partial charge in [0.05, 0.1) is 7.11 Å². The summed E-state index contributed by atoms with van der Waals surface area (Å²) < 4.78 is 18.8. The number of hydrogen-bond donors (Lipinski definition) is 2. The Morgan fingerprint density at radius 1 is 1.15 bits per heavy atom. The molecule has 1 fully saturated rings. The van der Waals surface area contributed by atoms with E-state index in [9.17, 15) is 4.39 Å². The van der Waals surface area contributed by atoms with Crippen molar-refractivity contribution in [1.29, 1.82) is 0 Å². The Bertz CT molecular complexity index is 771. The Morgan fingerprint density at radius 3 is 2.65 bits per heavy atom. The van der Waals surface area contributed by atoms with Crippen LogP contribution in [-0.4, -0.2) is 33.2 Å². The van der Waals surface area contributed by atoms with Crippen molar-refractivity contribution in [2.45, 2.75) is 24.7 Å². The Morgan fingerprint density at radius 2 is 1.96 bits per heavy atom. The first-order chi connectivity index (χ1) is 12.6. The number of benzene rings is 2. The molecule has 5 heteroatoms. The molecule has 1 aliphatic carbocycles. The number of halogens is 1. The van der Waals surface area contributed by atoms with E-state index in [0.717, 1.165) is 49.6 Å². The molecule has 26 heavy (non-hydrogen) atoms. The lowest BCUT2D eigenvalue weighted by Gasteiger charge is -2.19. The zero-order valence-corrected chi connectivity index (χ0v) is 15.4. The second-order valence-corrected chi connectivity index (χ2v) is 6.74. The highest BCUT2D eigenvalue weighted by molar-refractivity contribution is 5.79. The minimum Gasteiger partial charge on any atom is -0.497 e. The van der Waals surface area contributed by atoms with Crippen LogP contribution in [0.15, 0.2) is 53.5 Å². The summed E-state index contributed by atoms with van der Waals surface area (Å²) >= 11 is 0. The van der Waals surface area contributed by atoms with Crippen molar-refractivity contribution in [1.82, 2.24) is 10.6 Å². The predicted molar refractivity (Wildman–Crippen MR) is 103 cm³/mol. The Kier molecular flexibility index (Phi) is 5.76. The maximum atomic E-state index is 13.5. The number of aliphatic imine (C=N–C) groups is 1. The molecule has 0 saturated heterocycles. The van der Waals surface area contributed by atoms with Crippen molar-refractivity contribution in [3.63, 3.8) is 0 Å². The van der Waals surface area contributed by atoms with Gasteiger partial charge in [-0.25, -0.2) is 4.39 Å². The first-order valence-electron chi connectivity index (χ1n) is 8.99. The molecule has 4 nitrogen and oxygen atoms in total. The Labute approximate surface area is 154 Å². The molecule has 0 bridgehead atoms. The maximum Gasteiger partial charge on any atom is 0.191 e. The van der Waals surface area contributed by atoms with Crippen molar-refractivity contribution in [3.8, 4) is 5.75 Å². The van der Waals surface area contributed by atoms with Crippen molar-refractivity contribution in [2.75, 3.05) is 27.2 Å². The number of rotatable bonds is 7. The van der Waals surface area contributed by atoms with E-state index < -0.39 is 0 Å². The number of hydrogen-bond acceptors (Lipinski definition) is 2. The van der Waals surface area contributed by atoms with Crippen molar-refractivity contribution in [2.24, 2.45) is 4.99 Å². The number of ether oxygens (including phenoxy) is 1. The van der Waals surface area contributed by atoms with E-state index >= 15 is 0 Å². The molecule has 3 rings (SSSR count). The summed E-state index contributed by atoms with van der Waals surface area (Å²) in [5.41, 5.74) is 2.31. The van der Waals surface area contributed by atoms with Crippen molar-refractivity contribution < 1.29 is 9.13 Å². The summed E-state index contributed by atoms with van der Waals surface area (Å²) in [6.07, 6.45) is 3.03. The Hall–Kier alpha value is -2.56. The minimum absolute atomic E-state index is 0.0342. The molecule has 0 atom stereocenters. The van der Waals surface area contributed by atoms with Crippen LogP contribution in [0.5, 0.6) is 5.75 Å². The van der Waals surface area contributed by atoms with E-state index in [0.29, 0.717) is 0 Å². The van der Waals surface area contributed by atoms with Gasteiger partial charge in [0.2, 0.25) is 0 Å². The van der Waals surface area contributed by atoms with E-state index in [-0.39, 0.29) is 11.2 Å². The van der Waals surface area contributed by atoms with E-state index in [4.69, 9.17) is 4.74 Å². The van der Waals surface area contributed by atoms with Gasteiger partial charge in [-0.3, -0.25) is 4.99 Å². The summed E-state index contributed by atoms with van der Waals surface area (Å²) in [6.45, 7) is 1.54. The molecule has 0 unspecified atom stereocenters. The number of methoxy groups -OCH3 is 1. The predicted octanol–water partition coefficient (Wildman–Crippen LogP) is 3.27. The van der Waals surface area contributed by atoms with Crippen LogP contribution in [0.2, 0.25) is 0 Å². The topological polar surface area (TPSA) is 45.7 Å². The standard InChI is InChI=1S/C21H26FN3O/c1-23-20(24-12-9-16-5-3-8-19(13-16)26-2)25-15-21(10-11-21)17-6-4-7-18(22)14-17/h3-8,13-14H,9-12,15H2,1-2H3,(H2,23,24,25). The van der Waals surface area contributed by atoms with Crippen LogP contribution in [0.3, 0.4) is 0 Å². The quantitative estimate of drug-likeness (QED) is 0.592. The molecule has 2 aromatic carbocycles. The second-order valence-electron chi connectivity index (χ2n) is 6.74. The molecule has 0 amide bonds. The third-order valence-electron chi connectivity index (χ3n) is 4.95. The summed E-state index contributed by atoms with van der Waals surface area (Å²) in [4.78, 5) is 4.29. The summed E-state index contributed by atoms with van der Waals surface area (Å²) in [5, 5.41) is 6.73. The lowest BCUT2D eigenvalue weighted by atomic mass is 9.96. The third-order valence-corrected chi connectivity index (χ3v) is 4.95. The SMILES string of the molecule is CN=C(NCCc1cccc(OC)c1)NCC1(c2cccc(F)c2)CC1. The molecule has 1 aliphatic rings. The molecule has 0 radical (unpaired) electrons. The maximum absolute atomic E-state index is 13.5. The molecule has 0 aromatic heterocycles. The molecule has 2 aromatic rings. The van der Waals surface area contributed by atoms with Gasteiger partial charge in [0.15, 0.2) is 5.96 Å². The number of nitrogens with one attached hydrogen (secondary N) is 2. The van der Waals surface area contributed by atoms with Gasteiger partial charge in [-0.1, -0.05) is 24.3 Å². The van der Waals surface area contributed by atoms with Crippen LogP contribution in [0, 0.1) is 5.82 Å². The average Bonchev–Trinajstić information content (AvgIpc) is 3.46. The molecule has 138 valence electrons. The van der Waals surface area contributed by atoms with Crippen LogP contribution < -0.4 is 15.4 Å². The monoisotopic (exact) mass is 355 g/mol. The smallest absolute Gasteiger partial charge is 0.191 e. The van der Waals surface area contributed by atoms with Gasteiger partial charge in [-0.05, 0) is 54.7 Å². The lowest BCUT2D eigenvalue weighted by molar-refractivity contribution is 0.414. The molecule has 2 N–H and O–H groups in total. The van der Waals surface area contributed by atoms with Crippen LogP contribution in [0.25, 0.3) is 0 Å². The van der Waals surface area contributed by atoms with Gasteiger partial charge in [0.1, 0.15) is 11.6 Å². The number of nitrogens with zero attached hydrogens (tertiary/aromatic N) is 1. The fraction of sp³-hybridized carbons (Fsp3) is 0.381. The summed E-state index contributed by atoms with van der Waals surface area (Å²) in [6, 6.07) is 15.0. The van der Waals surface area contributed by atoms with Crippen LogP contribution >= 0.6 is 0 Å². The minimum atomic E-state index is -0.172. The fourth-order valence-electron chi connectivity index (χ4n) is 3.16. The van der Waals surface area contributed by atoms with E-state index in [1.807, 2.05) is 24.3 Å². The van der Waals surface area contributed by atoms with E-state index in [1.165, 1.54) is 11.6 Å². The zero-order valence-electron chi connectivity index (χ0n) is 15.4. The average molecular weight is 355 g/mol. The molecule has 0 spiro atoms. The highest BCUT2D eigenvalue weighted by Gasteiger charge is 2.44.